The van der Waals surface area contributed by atoms with Crippen molar-refractivity contribution >= 4 is 38.1 Å². The van der Waals surface area contributed by atoms with Gasteiger partial charge < -0.3 is 9.69 Å². The lowest BCUT2D eigenvalue weighted by Crippen LogP contribution is -2.42. The quantitative estimate of drug-likeness (QED) is 0.586. The molecule has 0 radical (unpaired) electrons. The van der Waals surface area contributed by atoms with Crippen molar-refractivity contribution in [1.29, 1.82) is 0 Å². The Hall–Kier alpha value is 0.590. The minimum atomic E-state index is -0.137. The van der Waals surface area contributed by atoms with Gasteiger partial charge in [-0.3, -0.25) is 0 Å². The molecule has 1 rings (SSSR count). The standard InChI is InChI=1S/C10H17Br2NO/c1-13(2)6-10(7-14)4-3-8(11)9(12)5-10/h7-9H,3-6H2,1-2H3/t8-,9-,10+/m1/s1. The first kappa shape index (κ1) is 12.7. The third kappa shape index (κ3) is 3.04. The minimum Gasteiger partial charge on any atom is -0.308 e. The lowest BCUT2D eigenvalue weighted by Gasteiger charge is -2.39. The zero-order chi connectivity index (χ0) is 10.8. The van der Waals surface area contributed by atoms with Crippen LogP contribution in [-0.2, 0) is 4.79 Å². The number of carbonyl (C=O) groups excluding carboxylic acids is 1. The summed E-state index contributed by atoms with van der Waals surface area (Å²) in [5, 5.41) is 0. The topological polar surface area (TPSA) is 20.3 Å². The zero-order valence-electron chi connectivity index (χ0n) is 8.67. The molecule has 0 unspecified atom stereocenters. The summed E-state index contributed by atoms with van der Waals surface area (Å²) in [6, 6.07) is 0. The molecule has 4 heteroatoms. The predicted octanol–water partition coefficient (Wildman–Crippen LogP) is 2.44. The number of nitrogens with zero attached hydrogens (tertiary/aromatic N) is 1. The van der Waals surface area contributed by atoms with Crippen LogP contribution in [0.3, 0.4) is 0 Å². The van der Waals surface area contributed by atoms with E-state index in [1.165, 1.54) is 0 Å². The maximum atomic E-state index is 11.2. The Balaban J connectivity index is 2.66. The molecule has 1 aliphatic rings. The average Bonchev–Trinajstić information content (AvgIpc) is 2.11. The Bertz CT molecular complexity index is 210. The molecular formula is C10H17Br2NO. The van der Waals surface area contributed by atoms with Crippen LogP contribution < -0.4 is 0 Å². The highest BCUT2D eigenvalue weighted by Gasteiger charge is 2.39. The lowest BCUT2D eigenvalue weighted by molar-refractivity contribution is -0.118. The smallest absolute Gasteiger partial charge is 0.127 e. The monoisotopic (exact) mass is 325 g/mol. The zero-order valence-corrected chi connectivity index (χ0v) is 11.8. The van der Waals surface area contributed by atoms with E-state index in [-0.39, 0.29) is 5.41 Å². The molecule has 0 aromatic carbocycles. The van der Waals surface area contributed by atoms with Gasteiger partial charge in [-0.2, -0.15) is 0 Å². The van der Waals surface area contributed by atoms with E-state index >= 15 is 0 Å². The molecule has 0 spiro atoms. The highest BCUT2D eigenvalue weighted by Crippen LogP contribution is 2.40. The molecule has 1 aliphatic carbocycles. The molecule has 0 aromatic rings. The van der Waals surface area contributed by atoms with E-state index in [0.717, 1.165) is 32.1 Å². The summed E-state index contributed by atoms with van der Waals surface area (Å²) in [5.74, 6) is 0. The van der Waals surface area contributed by atoms with Crippen LogP contribution in [0, 0.1) is 5.41 Å². The van der Waals surface area contributed by atoms with Crippen molar-refractivity contribution in [2.75, 3.05) is 20.6 Å². The molecule has 0 aliphatic heterocycles. The Morgan fingerprint density at radius 2 is 2.07 bits per heavy atom. The van der Waals surface area contributed by atoms with E-state index in [1.54, 1.807) is 0 Å². The second-order valence-electron chi connectivity index (χ2n) is 4.49. The molecule has 0 bridgehead atoms. The molecule has 82 valence electrons. The number of aldehydes is 1. The van der Waals surface area contributed by atoms with Crippen molar-refractivity contribution < 1.29 is 4.79 Å². The Labute approximate surface area is 103 Å². The van der Waals surface area contributed by atoms with E-state index in [2.05, 4.69) is 36.8 Å². The van der Waals surface area contributed by atoms with E-state index in [0.29, 0.717) is 9.65 Å². The summed E-state index contributed by atoms with van der Waals surface area (Å²) in [4.78, 5) is 14.2. The van der Waals surface area contributed by atoms with Crippen LogP contribution in [0.5, 0.6) is 0 Å². The highest BCUT2D eigenvalue weighted by atomic mass is 79.9. The van der Waals surface area contributed by atoms with E-state index < -0.39 is 0 Å². The fraction of sp³-hybridized carbons (Fsp3) is 0.900. The van der Waals surface area contributed by atoms with Crippen molar-refractivity contribution in [1.82, 2.24) is 4.90 Å². The largest absolute Gasteiger partial charge is 0.308 e. The fourth-order valence-electron chi connectivity index (χ4n) is 2.14. The maximum Gasteiger partial charge on any atom is 0.127 e. The number of hydrogen-bond acceptors (Lipinski definition) is 2. The van der Waals surface area contributed by atoms with Gasteiger partial charge in [-0.1, -0.05) is 31.9 Å². The summed E-state index contributed by atoms with van der Waals surface area (Å²) < 4.78 is 0. The van der Waals surface area contributed by atoms with E-state index in [9.17, 15) is 4.79 Å². The predicted molar refractivity (Wildman–Crippen MR) is 66.3 cm³/mol. The second kappa shape index (κ2) is 5.08. The van der Waals surface area contributed by atoms with Crippen molar-refractivity contribution in [3.63, 3.8) is 0 Å². The van der Waals surface area contributed by atoms with Crippen molar-refractivity contribution in [2.45, 2.75) is 28.9 Å². The third-order valence-electron chi connectivity index (χ3n) is 2.79. The Kier molecular flexibility index (Phi) is 4.59. The van der Waals surface area contributed by atoms with Crippen molar-refractivity contribution in [2.24, 2.45) is 5.41 Å². The molecule has 3 atom stereocenters. The number of rotatable bonds is 3. The number of halogens is 2. The van der Waals surface area contributed by atoms with Gasteiger partial charge >= 0.3 is 0 Å². The van der Waals surface area contributed by atoms with Crippen molar-refractivity contribution in [3.8, 4) is 0 Å². The first-order valence-corrected chi connectivity index (χ1v) is 6.71. The van der Waals surface area contributed by atoms with Crippen LogP contribution >= 0.6 is 31.9 Å². The van der Waals surface area contributed by atoms with Gasteiger partial charge in [0, 0.05) is 21.6 Å². The van der Waals surface area contributed by atoms with Gasteiger partial charge in [-0.15, -0.1) is 0 Å². The molecule has 0 amide bonds. The van der Waals surface area contributed by atoms with Crippen LogP contribution in [0.1, 0.15) is 19.3 Å². The second-order valence-corrected chi connectivity index (χ2v) is 6.85. The lowest BCUT2D eigenvalue weighted by atomic mass is 9.75. The molecule has 1 saturated carbocycles. The van der Waals surface area contributed by atoms with Crippen LogP contribution in [0.4, 0.5) is 0 Å². The summed E-state index contributed by atoms with van der Waals surface area (Å²) in [7, 11) is 4.05. The molecule has 0 saturated heterocycles. The summed E-state index contributed by atoms with van der Waals surface area (Å²) >= 11 is 7.26. The molecule has 0 aromatic heterocycles. The average molecular weight is 327 g/mol. The van der Waals surface area contributed by atoms with Gasteiger partial charge in [0.15, 0.2) is 0 Å². The Morgan fingerprint density at radius 3 is 2.50 bits per heavy atom. The minimum absolute atomic E-state index is 0.137. The molecule has 0 heterocycles. The van der Waals surface area contributed by atoms with Gasteiger partial charge in [0.1, 0.15) is 6.29 Å². The molecule has 1 fully saturated rings. The van der Waals surface area contributed by atoms with Gasteiger partial charge in [-0.05, 0) is 33.4 Å². The number of carbonyl (C=O) groups is 1. The number of hydrogen-bond donors (Lipinski definition) is 0. The number of alkyl halides is 2. The SMILES string of the molecule is CN(C)C[C@]1(C=O)CC[C@@H](Br)[C@H](Br)C1. The first-order valence-electron chi connectivity index (χ1n) is 4.88. The Morgan fingerprint density at radius 1 is 1.43 bits per heavy atom. The van der Waals surface area contributed by atoms with Gasteiger partial charge in [-0.25, -0.2) is 0 Å². The van der Waals surface area contributed by atoms with Gasteiger partial charge in [0.2, 0.25) is 0 Å². The highest BCUT2D eigenvalue weighted by molar-refractivity contribution is 9.12. The van der Waals surface area contributed by atoms with E-state index in [1.807, 2.05) is 14.1 Å². The van der Waals surface area contributed by atoms with Crippen LogP contribution in [-0.4, -0.2) is 41.5 Å². The van der Waals surface area contributed by atoms with Crippen LogP contribution in [0.2, 0.25) is 0 Å². The van der Waals surface area contributed by atoms with Crippen LogP contribution in [0.15, 0.2) is 0 Å². The summed E-state index contributed by atoms with van der Waals surface area (Å²) in [5.41, 5.74) is -0.137. The maximum absolute atomic E-state index is 11.2. The summed E-state index contributed by atoms with van der Waals surface area (Å²) in [6.07, 6.45) is 4.15. The first-order chi connectivity index (χ1) is 6.49. The van der Waals surface area contributed by atoms with Crippen LogP contribution in [0.25, 0.3) is 0 Å². The normalized spacial score (nSPS) is 38.6. The molecule has 0 N–H and O–H groups in total. The molecular weight excluding hydrogens is 310 g/mol. The third-order valence-corrected chi connectivity index (χ3v) is 5.56. The van der Waals surface area contributed by atoms with Gasteiger partial charge in [0.05, 0.1) is 0 Å². The fourth-order valence-corrected chi connectivity index (χ4v) is 3.47. The molecule has 14 heavy (non-hydrogen) atoms. The molecule has 2 nitrogen and oxygen atoms in total. The summed E-state index contributed by atoms with van der Waals surface area (Å²) in [6.45, 7) is 0.859. The van der Waals surface area contributed by atoms with E-state index in [4.69, 9.17) is 0 Å². The van der Waals surface area contributed by atoms with Crippen molar-refractivity contribution in [3.05, 3.63) is 0 Å². The van der Waals surface area contributed by atoms with Gasteiger partial charge in [0.25, 0.3) is 0 Å².